The molecule has 8 heteroatoms. The van der Waals surface area contributed by atoms with Gasteiger partial charge in [0.15, 0.2) is 0 Å². The minimum absolute atomic E-state index is 0.146. The summed E-state index contributed by atoms with van der Waals surface area (Å²) < 4.78 is 0. The van der Waals surface area contributed by atoms with Gasteiger partial charge in [-0.05, 0) is 36.6 Å². The third-order valence-electron chi connectivity index (χ3n) is 6.47. The third-order valence-corrected chi connectivity index (χ3v) is 6.47. The second-order valence-corrected chi connectivity index (χ2v) is 9.20. The van der Waals surface area contributed by atoms with Crippen LogP contribution in [0.4, 0.5) is 5.82 Å². The van der Waals surface area contributed by atoms with Gasteiger partial charge in [0.25, 0.3) is 11.8 Å². The van der Waals surface area contributed by atoms with Crippen LogP contribution in [0, 0.1) is 5.92 Å². The van der Waals surface area contributed by atoms with Crippen LogP contribution in [0.2, 0.25) is 0 Å². The molecule has 0 bridgehead atoms. The Balaban J connectivity index is 1.32. The average molecular weight is 458 g/mol. The lowest BCUT2D eigenvalue weighted by Crippen LogP contribution is -2.56. The summed E-state index contributed by atoms with van der Waals surface area (Å²) in [6, 6.07) is 13.7. The fourth-order valence-electron chi connectivity index (χ4n) is 4.72. The number of fused-ring (bicyclic) bond motifs is 2. The van der Waals surface area contributed by atoms with E-state index in [9.17, 15) is 14.4 Å². The van der Waals surface area contributed by atoms with Gasteiger partial charge in [-0.3, -0.25) is 24.3 Å². The molecule has 2 aliphatic rings. The Morgan fingerprint density at radius 2 is 1.47 bits per heavy atom. The maximum Gasteiger partial charge on any atom is 0.262 e. The fraction of sp³-hybridized carbons (Fsp3) is 0.346. The smallest absolute Gasteiger partial charge is 0.262 e. The number of piperazine rings is 1. The number of benzene rings is 2. The summed E-state index contributed by atoms with van der Waals surface area (Å²) in [7, 11) is 0. The molecule has 1 fully saturated rings. The summed E-state index contributed by atoms with van der Waals surface area (Å²) in [5, 5.41) is 0. The lowest BCUT2D eigenvalue weighted by Gasteiger charge is -2.38. The van der Waals surface area contributed by atoms with Crippen LogP contribution in [0.3, 0.4) is 0 Å². The largest absolute Gasteiger partial charge is 0.352 e. The lowest BCUT2D eigenvalue weighted by atomic mass is 10.0. The molecular weight excluding hydrogens is 430 g/mol. The molecule has 0 radical (unpaired) electrons. The molecule has 5 rings (SSSR count). The predicted octanol–water partition coefficient (Wildman–Crippen LogP) is 2.99. The summed E-state index contributed by atoms with van der Waals surface area (Å²) in [5.74, 6) is -0.0147. The second-order valence-electron chi connectivity index (χ2n) is 9.20. The lowest BCUT2D eigenvalue weighted by molar-refractivity contribution is -0.136. The summed E-state index contributed by atoms with van der Waals surface area (Å²) >= 11 is 0. The van der Waals surface area contributed by atoms with Crippen molar-refractivity contribution in [3.8, 4) is 0 Å². The van der Waals surface area contributed by atoms with E-state index in [1.54, 1.807) is 35.4 Å². The Kier molecular flexibility index (Phi) is 5.73. The standard InChI is InChI=1S/C26H27N5O3/c1-17(2)15-22(31-24(32)18-7-3-4-8-19(18)25(31)33)26(34)30-13-11-29(12-14-30)23-16-27-20-9-5-6-10-21(20)28-23/h3-10,16-17,22H,11-15H2,1-2H3. The third kappa shape index (κ3) is 3.89. The SMILES string of the molecule is CC(C)CC(C(=O)N1CCN(c2cnc3ccccc3n2)CC1)N1C(=O)c2ccccc2C1=O. The van der Waals surface area contributed by atoms with Crippen LogP contribution < -0.4 is 4.90 Å². The Bertz CT molecular complexity index is 1230. The monoisotopic (exact) mass is 457 g/mol. The highest BCUT2D eigenvalue weighted by Crippen LogP contribution is 2.28. The normalized spacial score (nSPS) is 17.0. The van der Waals surface area contributed by atoms with Crippen LogP contribution in [0.5, 0.6) is 0 Å². The van der Waals surface area contributed by atoms with Gasteiger partial charge in [-0.25, -0.2) is 4.98 Å². The topological polar surface area (TPSA) is 86.7 Å². The summed E-state index contributed by atoms with van der Waals surface area (Å²) in [6.45, 7) is 6.18. The first-order valence-electron chi connectivity index (χ1n) is 11.7. The number of hydrogen-bond acceptors (Lipinski definition) is 6. The molecule has 1 unspecified atom stereocenters. The van der Waals surface area contributed by atoms with E-state index in [1.807, 2.05) is 38.1 Å². The number of hydrogen-bond donors (Lipinski definition) is 0. The summed E-state index contributed by atoms with van der Waals surface area (Å²) in [6.07, 6.45) is 2.20. The Morgan fingerprint density at radius 1 is 0.882 bits per heavy atom. The molecule has 8 nitrogen and oxygen atoms in total. The zero-order valence-electron chi connectivity index (χ0n) is 19.3. The van der Waals surface area contributed by atoms with Gasteiger partial charge in [0.1, 0.15) is 11.9 Å². The zero-order valence-corrected chi connectivity index (χ0v) is 19.3. The van der Waals surface area contributed by atoms with Crippen molar-refractivity contribution in [3.05, 3.63) is 65.9 Å². The van der Waals surface area contributed by atoms with Gasteiger partial charge in [-0.1, -0.05) is 38.1 Å². The summed E-state index contributed by atoms with van der Waals surface area (Å²) in [4.78, 5) is 54.0. The second kappa shape index (κ2) is 8.85. The maximum absolute atomic E-state index is 13.6. The fourth-order valence-corrected chi connectivity index (χ4v) is 4.72. The molecular formula is C26H27N5O3. The van der Waals surface area contributed by atoms with Crippen molar-refractivity contribution >= 4 is 34.6 Å². The van der Waals surface area contributed by atoms with Crippen molar-refractivity contribution in [1.82, 2.24) is 19.8 Å². The van der Waals surface area contributed by atoms with Crippen molar-refractivity contribution < 1.29 is 14.4 Å². The zero-order chi connectivity index (χ0) is 23.8. The molecule has 0 aliphatic carbocycles. The van der Waals surface area contributed by atoms with Crippen molar-refractivity contribution in [3.63, 3.8) is 0 Å². The molecule has 34 heavy (non-hydrogen) atoms. The first-order valence-corrected chi connectivity index (χ1v) is 11.7. The van der Waals surface area contributed by atoms with E-state index in [2.05, 4.69) is 9.88 Å². The van der Waals surface area contributed by atoms with Gasteiger partial charge >= 0.3 is 0 Å². The Labute approximate surface area is 198 Å². The van der Waals surface area contributed by atoms with Crippen molar-refractivity contribution in [2.24, 2.45) is 5.92 Å². The molecule has 2 aliphatic heterocycles. The highest BCUT2D eigenvalue weighted by Gasteiger charge is 2.44. The highest BCUT2D eigenvalue weighted by molar-refractivity contribution is 6.22. The highest BCUT2D eigenvalue weighted by atomic mass is 16.2. The number of anilines is 1. The molecule has 3 amide bonds. The van der Waals surface area contributed by atoms with Crippen molar-refractivity contribution in [1.29, 1.82) is 0 Å². The minimum atomic E-state index is -0.806. The minimum Gasteiger partial charge on any atom is -0.352 e. The summed E-state index contributed by atoms with van der Waals surface area (Å²) in [5.41, 5.74) is 2.42. The van der Waals surface area contributed by atoms with Crippen LogP contribution in [-0.2, 0) is 4.79 Å². The quantitative estimate of drug-likeness (QED) is 0.548. The average Bonchev–Trinajstić information content (AvgIpc) is 3.11. The number of rotatable bonds is 5. The number of carbonyl (C=O) groups excluding carboxylic acids is 3. The molecule has 3 heterocycles. The molecule has 1 aromatic heterocycles. The van der Waals surface area contributed by atoms with Gasteiger partial charge in [0.05, 0.1) is 28.4 Å². The maximum atomic E-state index is 13.6. The van der Waals surface area contributed by atoms with E-state index >= 15 is 0 Å². The molecule has 0 spiro atoms. The molecule has 1 saturated heterocycles. The van der Waals surface area contributed by atoms with Gasteiger partial charge in [-0.15, -0.1) is 0 Å². The number of aromatic nitrogens is 2. The van der Waals surface area contributed by atoms with Gasteiger partial charge in [0.2, 0.25) is 5.91 Å². The predicted molar refractivity (Wildman–Crippen MR) is 129 cm³/mol. The van der Waals surface area contributed by atoms with Gasteiger partial charge in [-0.2, -0.15) is 0 Å². The van der Waals surface area contributed by atoms with E-state index in [4.69, 9.17) is 4.98 Å². The van der Waals surface area contributed by atoms with Crippen molar-refractivity contribution in [2.75, 3.05) is 31.1 Å². The molecule has 0 N–H and O–H groups in total. The van der Waals surface area contributed by atoms with E-state index in [0.29, 0.717) is 43.7 Å². The number of imide groups is 1. The molecule has 3 aromatic rings. The van der Waals surface area contributed by atoms with Crippen LogP contribution in [-0.4, -0.2) is 69.7 Å². The molecule has 0 saturated carbocycles. The van der Waals surface area contributed by atoms with Crippen LogP contribution in [0.25, 0.3) is 11.0 Å². The molecule has 174 valence electrons. The van der Waals surface area contributed by atoms with Gasteiger partial charge in [0, 0.05) is 26.2 Å². The van der Waals surface area contributed by atoms with Crippen LogP contribution >= 0.6 is 0 Å². The van der Waals surface area contributed by atoms with Crippen LogP contribution in [0.15, 0.2) is 54.7 Å². The van der Waals surface area contributed by atoms with Gasteiger partial charge < -0.3 is 9.80 Å². The number of amides is 3. The van der Waals surface area contributed by atoms with E-state index in [0.717, 1.165) is 16.9 Å². The number of nitrogens with zero attached hydrogens (tertiary/aromatic N) is 5. The van der Waals surface area contributed by atoms with E-state index < -0.39 is 6.04 Å². The molecule has 2 aromatic carbocycles. The first-order chi connectivity index (χ1) is 16.4. The first kappa shape index (κ1) is 22.0. The van der Waals surface area contributed by atoms with Crippen molar-refractivity contribution in [2.45, 2.75) is 26.3 Å². The number of para-hydroxylation sites is 2. The van der Waals surface area contributed by atoms with Crippen LogP contribution in [0.1, 0.15) is 41.0 Å². The van der Waals surface area contributed by atoms with E-state index in [1.165, 1.54) is 4.90 Å². The molecule has 1 atom stereocenters. The Hall–Kier alpha value is -3.81. The Morgan fingerprint density at radius 3 is 2.09 bits per heavy atom. The van der Waals surface area contributed by atoms with E-state index in [-0.39, 0.29) is 23.6 Å². The number of carbonyl (C=O) groups is 3.